The average Bonchev–Trinajstić information content (AvgIpc) is 2.37. The van der Waals surface area contributed by atoms with Crippen LogP contribution < -0.4 is 10.6 Å². The lowest BCUT2D eigenvalue weighted by molar-refractivity contribution is 0.210. The van der Waals surface area contributed by atoms with Gasteiger partial charge in [0, 0.05) is 31.1 Å². The fourth-order valence-electron chi connectivity index (χ4n) is 1.66. The number of anilines is 2. The monoisotopic (exact) mass is 279 g/mol. The Morgan fingerprint density at radius 3 is 2.20 bits per heavy atom. The first-order valence-corrected chi connectivity index (χ1v) is 7.42. The van der Waals surface area contributed by atoms with Crippen molar-refractivity contribution in [1.82, 2.24) is 14.9 Å². The lowest BCUT2D eigenvalue weighted by Gasteiger charge is -2.32. The third-order valence-electron chi connectivity index (χ3n) is 3.52. The van der Waals surface area contributed by atoms with Crippen LogP contribution in [-0.4, -0.2) is 47.6 Å². The van der Waals surface area contributed by atoms with Crippen molar-refractivity contribution in [2.75, 3.05) is 37.8 Å². The summed E-state index contributed by atoms with van der Waals surface area (Å²) in [5, 5.41) is 6.70. The van der Waals surface area contributed by atoms with E-state index in [2.05, 4.69) is 67.3 Å². The molecule has 0 aromatic carbocycles. The molecule has 1 rings (SSSR count). The third kappa shape index (κ3) is 4.96. The number of nitrogens with one attached hydrogen (secondary N) is 2. The maximum absolute atomic E-state index is 4.59. The van der Waals surface area contributed by atoms with E-state index in [1.54, 1.807) is 0 Å². The van der Waals surface area contributed by atoms with Gasteiger partial charge in [0.15, 0.2) is 0 Å². The topological polar surface area (TPSA) is 53.1 Å². The minimum Gasteiger partial charge on any atom is -0.370 e. The third-order valence-corrected chi connectivity index (χ3v) is 3.52. The van der Waals surface area contributed by atoms with Crippen LogP contribution in [-0.2, 0) is 6.42 Å². The minimum absolute atomic E-state index is 0.0776. The van der Waals surface area contributed by atoms with E-state index in [4.69, 9.17) is 0 Å². The van der Waals surface area contributed by atoms with Gasteiger partial charge >= 0.3 is 0 Å². The van der Waals surface area contributed by atoms with Crippen molar-refractivity contribution in [3.63, 3.8) is 0 Å². The Kier molecular flexibility index (Phi) is 6.20. The summed E-state index contributed by atoms with van der Waals surface area (Å²) < 4.78 is 0. The van der Waals surface area contributed by atoms with Crippen molar-refractivity contribution in [2.24, 2.45) is 0 Å². The molecule has 0 saturated carbocycles. The van der Waals surface area contributed by atoms with Gasteiger partial charge in [0.05, 0.1) is 0 Å². The normalized spacial score (nSPS) is 11.8. The number of hydrogen-bond acceptors (Lipinski definition) is 5. The van der Waals surface area contributed by atoms with E-state index in [0.717, 1.165) is 43.4 Å². The smallest absolute Gasteiger partial charge is 0.133 e. The highest BCUT2D eigenvalue weighted by molar-refractivity contribution is 5.47. The Hall–Kier alpha value is -1.36. The zero-order valence-corrected chi connectivity index (χ0v) is 13.7. The van der Waals surface area contributed by atoms with Gasteiger partial charge in [-0.15, -0.1) is 0 Å². The van der Waals surface area contributed by atoms with Crippen LogP contribution in [0.15, 0.2) is 6.07 Å². The van der Waals surface area contributed by atoms with Gasteiger partial charge in [-0.2, -0.15) is 0 Å². The number of nitrogens with zero attached hydrogens (tertiary/aromatic N) is 3. The molecule has 0 aliphatic heterocycles. The second-order valence-electron chi connectivity index (χ2n) is 5.90. The zero-order chi connectivity index (χ0) is 15.2. The number of rotatable bonds is 8. The van der Waals surface area contributed by atoms with E-state index in [-0.39, 0.29) is 5.54 Å². The molecule has 5 nitrogen and oxygen atoms in total. The summed E-state index contributed by atoms with van der Waals surface area (Å²) in [4.78, 5) is 11.3. The number of likely N-dealkylation sites (N-methyl/N-ethyl adjacent to an activating group) is 1. The van der Waals surface area contributed by atoms with Gasteiger partial charge in [-0.1, -0.05) is 6.92 Å². The Balaban J connectivity index is 2.82. The summed E-state index contributed by atoms with van der Waals surface area (Å²) in [6, 6.07) is 1.98. The van der Waals surface area contributed by atoms with Crippen LogP contribution in [0.5, 0.6) is 0 Å². The van der Waals surface area contributed by atoms with Crippen molar-refractivity contribution in [3.05, 3.63) is 11.9 Å². The molecule has 0 saturated heterocycles. The molecule has 0 atom stereocenters. The molecule has 0 radical (unpaired) electrons. The molecule has 0 unspecified atom stereocenters. The van der Waals surface area contributed by atoms with E-state index >= 15 is 0 Å². The van der Waals surface area contributed by atoms with Crippen LogP contribution in [0.25, 0.3) is 0 Å². The average molecular weight is 279 g/mol. The van der Waals surface area contributed by atoms with E-state index in [0.29, 0.717) is 0 Å². The van der Waals surface area contributed by atoms with Crippen molar-refractivity contribution >= 4 is 11.6 Å². The van der Waals surface area contributed by atoms with Crippen molar-refractivity contribution < 1.29 is 0 Å². The van der Waals surface area contributed by atoms with Gasteiger partial charge in [-0.3, -0.25) is 0 Å². The Morgan fingerprint density at radius 2 is 1.70 bits per heavy atom. The summed E-state index contributed by atoms with van der Waals surface area (Å²) in [6.45, 7) is 10.3. The summed E-state index contributed by atoms with van der Waals surface area (Å²) in [6.07, 6.45) is 1.96. The predicted octanol–water partition coefficient (Wildman–Crippen LogP) is 2.61. The largest absolute Gasteiger partial charge is 0.370 e. The minimum atomic E-state index is 0.0776. The molecule has 0 aliphatic carbocycles. The lowest BCUT2D eigenvalue weighted by atomic mass is 10.0. The molecule has 0 amide bonds. The highest BCUT2D eigenvalue weighted by atomic mass is 15.2. The van der Waals surface area contributed by atoms with Crippen LogP contribution in [0.1, 0.15) is 39.9 Å². The molecule has 1 aromatic heterocycles. The fraction of sp³-hybridized carbons (Fsp3) is 0.733. The number of aromatic nitrogens is 2. The first kappa shape index (κ1) is 16.7. The molecule has 0 spiro atoms. The highest BCUT2D eigenvalue weighted by Gasteiger charge is 2.20. The molecule has 1 aromatic rings. The van der Waals surface area contributed by atoms with E-state index in [1.165, 1.54) is 0 Å². The number of hydrogen-bond donors (Lipinski definition) is 2. The van der Waals surface area contributed by atoms with E-state index in [1.807, 2.05) is 6.07 Å². The van der Waals surface area contributed by atoms with Crippen LogP contribution in [0, 0.1) is 0 Å². The predicted molar refractivity (Wildman–Crippen MR) is 86.4 cm³/mol. The fourth-order valence-corrected chi connectivity index (χ4v) is 1.66. The first-order chi connectivity index (χ1) is 9.39. The van der Waals surface area contributed by atoms with E-state index in [9.17, 15) is 0 Å². The van der Waals surface area contributed by atoms with Gasteiger partial charge in [0.1, 0.15) is 17.5 Å². The van der Waals surface area contributed by atoms with Crippen LogP contribution in [0.4, 0.5) is 11.6 Å². The molecule has 20 heavy (non-hydrogen) atoms. The molecule has 0 bridgehead atoms. The van der Waals surface area contributed by atoms with Crippen molar-refractivity contribution in [2.45, 2.75) is 46.1 Å². The summed E-state index contributed by atoms with van der Waals surface area (Å²) in [5.74, 6) is 2.70. The van der Waals surface area contributed by atoms with Crippen molar-refractivity contribution in [3.8, 4) is 0 Å². The Labute approximate surface area is 123 Å². The quantitative estimate of drug-likeness (QED) is 0.766. The molecule has 5 heteroatoms. The van der Waals surface area contributed by atoms with Crippen LogP contribution in [0.2, 0.25) is 0 Å². The highest BCUT2D eigenvalue weighted by Crippen LogP contribution is 2.15. The van der Waals surface area contributed by atoms with Gasteiger partial charge in [-0.25, -0.2) is 9.97 Å². The maximum Gasteiger partial charge on any atom is 0.133 e. The second kappa shape index (κ2) is 7.43. The molecular weight excluding hydrogens is 250 g/mol. The summed E-state index contributed by atoms with van der Waals surface area (Å²) in [5.41, 5.74) is 0.0776. The Bertz CT molecular complexity index is 390. The standard InChI is InChI=1S/C15H29N5/c1-7-9-12-18-13(16-8-2)10-14(19-12)17-11-15(3,4)20(5)6/h10H,7-9,11H2,1-6H3,(H2,16,17,18,19). The van der Waals surface area contributed by atoms with Gasteiger partial charge in [0.2, 0.25) is 0 Å². The second-order valence-corrected chi connectivity index (χ2v) is 5.90. The summed E-state index contributed by atoms with van der Waals surface area (Å²) in [7, 11) is 4.18. The molecule has 114 valence electrons. The van der Waals surface area contributed by atoms with Gasteiger partial charge < -0.3 is 15.5 Å². The molecular formula is C15H29N5. The lowest BCUT2D eigenvalue weighted by Crippen LogP contribution is -2.44. The molecule has 0 aliphatic rings. The van der Waals surface area contributed by atoms with E-state index < -0.39 is 0 Å². The zero-order valence-electron chi connectivity index (χ0n) is 13.7. The molecule has 0 fully saturated rings. The van der Waals surface area contributed by atoms with Crippen LogP contribution >= 0.6 is 0 Å². The Morgan fingerprint density at radius 1 is 1.10 bits per heavy atom. The number of aryl methyl sites for hydroxylation is 1. The first-order valence-electron chi connectivity index (χ1n) is 7.42. The molecule has 2 N–H and O–H groups in total. The summed E-state index contributed by atoms with van der Waals surface area (Å²) >= 11 is 0. The van der Waals surface area contributed by atoms with Gasteiger partial charge in [-0.05, 0) is 41.3 Å². The van der Waals surface area contributed by atoms with Gasteiger partial charge in [0.25, 0.3) is 0 Å². The van der Waals surface area contributed by atoms with Crippen LogP contribution in [0.3, 0.4) is 0 Å². The SMILES string of the molecule is CCCc1nc(NCC)cc(NCC(C)(C)N(C)C)n1. The van der Waals surface area contributed by atoms with Crippen molar-refractivity contribution in [1.29, 1.82) is 0 Å². The molecule has 1 heterocycles. The maximum atomic E-state index is 4.59.